The Balaban J connectivity index is 2.12. The number of thiazole rings is 1. The van der Waals surface area contributed by atoms with Crippen LogP contribution < -0.4 is 5.73 Å². The molecule has 4 nitrogen and oxygen atoms in total. The summed E-state index contributed by atoms with van der Waals surface area (Å²) in [5, 5.41) is 0.800. The van der Waals surface area contributed by atoms with Crippen LogP contribution in [0.5, 0.6) is 0 Å². The first-order chi connectivity index (χ1) is 9.11. The van der Waals surface area contributed by atoms with Crippen molar-refractivity contribution in [2.45, 2.75) is 20.0 Å². The van der Waals surface area contributed by atoms with Crippen molar-refractivity contribution >= 4 is 17.2 Å². The molecule has 2 aromatic rings. The van der Waals surface area contributed by atoms with Crippen molar-refractivity contribution in [2.24, 2.45) is 5.73 Å². The van der Waals surface area contributed by atoms with Crippen LogP contribution in [-0.4, -0.2) is 22.8 Å². The van der Waals surface area contributed by atoms with Crippen LogP contribution in [0.3, 0.4) is 0 Å². The first kappa shape index (κ1) is 13.7. The Morgan fingerprint density at radius 3 is 2.63 bits per heavy atom. The number of hydrogen-bond donors (Lipinski definition) is 1. The normalized spacial score (nSPS) is 10.5. The molecule has 0 aliphatic rings. The third-order valence-corrected chi connectivity index (χ3v) is 3.99. The van der Waals surface area contributed by atoms with Gasteiger partial charge in [0.15, 0.2) is 0 Å². The molecule has 0 unspecified atom stereocenters. The third kappa shape index (κ3) is 3.19. The number of carbonyl (C=O) groups is 1. The fourth-order valence-electron chi connectivity index (χ4n) is 1.84. The van der Waals surface area contributed by atoms with E-state index in [1.54, 1.807) is 11.9 Å². The highest BCUT2D eigenvalue weighted by molar-refractivity contribution is 7.13. The molecule has 1 amide bonds. The zero-order valence-corrected chi connectivity index (χ0v) is 11.9. The molecule has 0 saturated carbocycles. The second-order valence-corrected chi connectivity index (χ2v) is 5.46. The van der Waals surface area contributed by atoms with E-state index in [0.29, 0.717) is 18.0 Å². The van der Waals surface area contributed by atoms with Crippen LogP contribution in [-0.2, 0) is 13.1 Å². The van der Waals surface area contributed by atoms with Crippen molar-refractivity contribution in [2.75, 3.05) is 7.05 Å². The van der Waals surface area contributed by atoms with Gasteiger partial charge in [0.05, 0.1) is 5.69 Å². The second-order valence-electron chi connectivity index (χ2n) is 4.37. The molecule has 0 aliphatic carbocycles. The average Bonchev–Trinajstić information content (AvgIpc) is 2.80. The predicted molar refractivity (Wildman–Crippen MR) is 77.0 cm³/mol. The van der Waals surface area contributed by atoms with E-state index in [0.717, 1.165) is 16.3 Å². The third-order valence-electron chi connectivity index (χ3n) is 2.82. The Hall–Kier alpha value is -1.72. The molecule has 1 aromatic carbocycles. The van der Waals surface area contributed by atoms with Crippen molar-refractivity contribution in [3.05, 3.63) is 51.5 Å². The van der Waals surface area contributed by atoms with E-state index in [4.69, 9.17) is 5.73 Å². The summed E-state index contributed by atoms with van der Waals surface area (Å²) in [5.41, 5.74) is 7.43. The van der Waals surface area contributed by atoms with Crippen LogP contribution in [0, 0.1) is 6.92 Å². The molecular weight excluding hydrogens is 258 g/mol. The van der Waals surface area contributed by atoms with E-state index in [2.05, 4.69) is 4.98 Å². The highest BCUT2D eigenvalue weighted by Crippen LogP contribution is 2.20. The highest BCUT2D eigenvalue weighted by Gasteiger charge is 2.18. The van der Waals surface area contributed by atoms with Crippen LogP contribution in [0.1, 0.15) is 25.9 Å². The number of aromatic nitrogens is 1. The highest BCUT2D eigenvalue weighted by atomic mass is 32.1. The summed E-state index contributed by atoms with van der Waals surface area (Å²) >= 11 is 1.38. The van der Waals surface area contributed by atoms with Gasteiger partial charge in [-0.15, -0.1) is 11.3 Å². The molecule has 0 atom stereocenters. The summed E-state index contributed by atoms with van der Waals surface area (Å²) in [5.74, 6) is -0.00134. The molecule has 5 heteroatoms. The Kier molecular flexibility index (Phi) is 4.29. The first-order valence-electron chi connectivity index (χ1n) is 6.07. The van der Waals surface area contributed by atoms with Crippen molar-refractivity contribution in [1.82, 2.24) is 9.88 Å². The number of aryl methyl sites for hydroxylation is 1. The van der Waals surface area contributed by atoms with Gasteiger partial charge in [-0.3, -0.25) is 4.79 Å². The van der Waals surface area contributed by atoms with Gasteiger partial charge < -0.3 is 10.6 Å². The van der Waals surface area contributed by atoms with Gasteiger partial charge >= 0.3 is 0 Å². The molecule has 0 aliphatic heterocycles. The predicted octanol–water partition coefficient (Wildman–Crippen LogP) is 2.18. The number of nitrogens with two attached hydrogens (primary N) is 1. The quantitative estimate of drug-likeness (QED) is 0.930. The monoisotopic (exact) mass is 275 g/mol. The van der Waals surface area contributed by atoms with Gasteiger partial charge in [0.25, 0.3) is 5.91 Å². The number of amides is 1. The zero-order chi connectivity index (χ0) is 13.8. The maximum atomic E-state index is 12.4. The summed E-state index contributed by atoms with van der Waals surface area (Å²) in [6.07, 6.45) is 0. The van der Waals surface area contributed by atoms with Crippen molar-refractivity contribution in [3.63, 3.8) is 0 Å². The number of carbonyl (C=O) groups excluding carboxylic acids is 1. The molecule has 2 N–H and O–H groups in total. The smallest absolute Gasteiger partial charge is 0.265 e. The van der Waals surface area contributed by atoms with Crippen molar-refractivity contribution < 1.29 is 4.79 Å². The molecule has 0 radical (unpaired) electrons. The van der Waals surface area contributed by atoms with E-state index in [9.17, 15) is 4.79 Å². The largest absolute Gasteiger partial charge is 0.337 e. The molecule has 0 fully saturated rings. The number of benzene rings is 1. The van der Waals surface area contributed by atoms with Gasteiger partial charge in [0.1, 0.15) is 9.88 Å². The minimum atomic E-state index is -0.00134. The van der Waals surface area contributed by atoms with E-state index in [1.165, 1.54) is 11.3 Å². The number of nitrogens with zero attached hydrogens (tertiary/aromatic N) is 2. The lowest BCUT2D eigenvalue weighted by Crippen LogP contribution is -2.26. The van der Waals surface area contributed by atoms with Gasteiger partial charge in [-0.05, 0) is 12.5 Å². The Labute approximate surface area is 116 Å². The fraction of sp³-hybridized carbons (Fsp3) is 0.286. The van der Waals surface area contributed by atoms with E-state index in [-0.39, 0.29) is 5.91 Å². The SMILES string of the molecule is Cc1nc(CN)sc1C(=O)N(C)Cc1ccccc1. The molecule has 1 aromatic heterocycles. The van der Waals surface area contributed by atoms with E-state index >= 15 is 0 Å². The van der Waals surface area contributed by atoms with E-state index in [1.807, 2.05) is 37.3 Å². The Morgan fingerprint density at radius 1 is 1.37 bits per heavy atom. The summed E-state index contributed by atoms with van der Waals surface area (Å²) in [6.45, 7) is 2.81. The molecular formula is C14H17N3OS. The fourth-order valence-corrected chi connectivity index (χ4v) is 2.78. The lowest BCUT2D eigenvalue weighted by molar-refractivity contribution is 0.0789. The van der Waals surface area contributed by atoms with Gasteiger partial charge in [-0.2, -0.15) is 0 Å². The lowest BCUT2D eigenvalue weighted by atomic mass is 10.2. The van der Waals surface area contributed by atoms with Crippen molar-refractivity contribution in [3.8, 4) is 0 Å². The minimum Gasteiger partial charge on any atom is -0.337 e. The van der Waals surface area contributed by atoms with Gasteiger partial charge in [0, 0.05) is 20.1 Å². The van der Waals surface area contributed by atoms with E-state index < -0.39 is 0 Å². The molecule has 2 rings (SSSR count). The van der Waals surface area contributed by atoms with Crippen LogP contribution >= 0.6 is 11.3 Å². The van der Waals surface area contributed by atoms with Gasteiger partial charge in [-0.25, -0.2) is 4.98 Å². The number of rotatable bonds is 4. The summed E-state index contributed by atoms with van der Waals surface area (Å²) in [6, 6.07) is 9.92. The van der Waals surface area contributed by atoms with Gasteiger partial charge in [0.2, 0.25) is 0 Å². The molecule has 19 heavy (non-hydrogen) atoms. The molecule has 0 spiro atoms. The van der Waals surface area contributed by atoms with Crippen LogP contribution in [0.15, 0.2) is 30.3 Å². The number of hydrogen-bond acceptors (Lipinski definition) is 4. The minimum absolute atomic E-state index is 0.00134. The molecule has 0 saturated heterocycles. The maximum absolute atomic E-state index is 12.4. The van der Waals surface area contributed by atoms with Crippen LogP contribution in [0.4, 0.5) is 0 Å². The van der Waals surface area contributed by atoms with Crippen LogP contribution in [0.2, 0.25) is 0 Å². The first-order valence-corrected chi connectivity index (χ1v) is 6.89. The standard InChI is InChI=1S/C14H17N3OS/c1-10-13(19-12(8-15)16-10)14(18)17(2)9-11-6-4-3-5-7-11/h3-7H,8-9,15H2,1-2H3. The van der Waals surface area contributed by atoms with Gasteiger partial charge in [-0.1, -0.05) is 30.3 Å². The summed E-state index contributed by atoms with van der Waals surface area (Å²) < 4.78 is 0. The molecule has 100 valence electrons. The molecule has 0 bridgehead atoms. The summed E-state index contributed by atoms with van der Waals surface area (Å²) in [4.78, 5) is 19.0. The maximum Gasteiger partial charge on any atom is 0.265 e. The topological polar surface area (TPSA) is 59.2 Å². The molecule has 1 heterocycles. The lowest BCUT2D eigenvalue weighted by Gasteiger charge is -2.16. The van der Waals surface area contributed by atoms with Crippen molar-refractivity contribution in [1.29, 1.82) is 0 Å². The summed E-state index contributed by atoms with van der Waals surface area (Å²) in [7, 11) is 1.80. The Morgan fingerprint density at radius 2 is 2.05 bits per heavy atom. The second kappa shape index (κ2) is 5.95. The Bertz CT molecular complexity index is 565. The zero-order valence-electron chi connectivity index (χ0n) is 11.1. The average molecular weight is 275 g/mol. The van der Waals surface area contributed by atoms with Crippen LogP contribution in [0.25, 0.3) is 0 Å².